The van der Waals surface area contributed by atoms with E-state index in [0.29, 0.717) is 11.5 Å². The Morgan fingerprint density at radius 2 is 1.18 bits per heavy atom. The number of benzene rings is 1. The molecule has 1 aromatic rings. The van der Waals surface area contributed by atoms with Gasteiger partial charge in [-0.25, -0.2) is 0 Å². The average Bonchev–Trinajstić information content (AvgIpc) is 2.29. The Balaban J connectivity index is 3.67. The van der Waals surface area contributed by atoms with Crippen LogP contribution in [0.3, 0.4) is 0 Å². The molecule has 0 bridgehead atoms. The summed E-state index contributed by atoms with van der Waals surface area (Å²) >= 11 is 0. The molecule has 2 heteroatoms. The van der Waals surface area contributed by atoms with E-state index < -0.39 is 0 Å². The molecule has 0 saturated carbocycles. The minimum absolute atomic E-state index is 0.229. The minimum atomic E-state index is 0.229. The number of rotatable bonds is 4. The quantitative estimate of drug-likeness (QED) is 0.778. The largest absolute Gasteiger partial charge is 0.507 e. The van der Waals surface area contributed by atoms with Gasteiger partial charge in [0.15, 0.2) is 0 Å². The van der Waals surface area contributed by atoms with Crippen LogP contribution in [-0.4, -0.2) is 10.2 Å². The van der Waals surface area contributed by atoms with Crippen LogP contribution in [0.2, 0.25) is 0 Å². The number of hydrogen-bond acceptors (Lipinski definition) is 2. The number of phenols is 2. The van der Waals surface area contributed by atoms with Crippen LogP contribution in [0.5, 0.6) is 11.5 Å². The molecule has 0 saturated heterocycles. The summed E-state index contributed by atoms with van der Waals surface area (Å²) in [6.07, 6.45) is 2.27. The Morgan fingerprint density at radius 3 is 1.53 bits per heavy atom. The first-order valence-electron chi connectivity index (χ1n) is 6.57. The lowest BCUT2D eigenvalue weighted by molar-refractivity contribution is 0.434. The van der Waals surface area contributed by atoms with Crippen LogP contribution < -0.4 is 0 Å². The van der Waals surface area contributed by atoms with Crippen LogP contribution in [0, 0.1) is 0 Å². The first kappa shape index (κ1) is 13.9. The first-order chi connectivity index (χ1) is 7.99. The second-order valence-corrected chi connectivity index (χ2v) is 4.76. The van der Waals surface area contributed by atoms with E-state index in [9.17, 15) is 10.2 Å². The molecule has 0 amide bonds. The fourth-order valence-electron chi connectivity index (χ4n) is 2.64. The van der Waals surface area contributed by atoms with Crippen molar-refractivity contribution < 1.29 is 10.2 Å². The molecule has 1 rings (SSSR count). The van der Waals surface area contributed by atoms with Gasteiger partial charge in [-0.1, -0.05) is 34.6 Å². The van der Waals surface area contributed by atoms with E-state index in [1.165, 1.54) is 0 Å². The minimum Gasteiger partial charge on any atom is -0.507 e. The summed E-state index contributed by atoms with van der Waals surface area (Å²) in [7, 11) is 0. The van der Waals surface area contributed by atoms with Crippen LogP contribution in [0.4, 0.5) is 0 Å². The monoisotopic (exact) mass is 236 g/mol. The molecule has 17 heavy (non-hydrogen) atoms. The summed E-state index contributed by atoms with van der Waals surface area (Å²) in [4.78, 5) is 0. The lowest BCUT2D eigenvalue weighted by Gasteiger charge is -2.21. The van der Waals surface area contributed by atoms with E-state index in [0.717, 1.165) is 41.5 Å². The van der Waals surface area contributed by atoms with Gasteiger partial charge in [-0.15, -0.1) is 0 Å². The lowest BCUT2D eigenvalue weighted by atomic mass is 9.86. The maximum absolute atomic E-state index is 10.4. The van der Waals surface area contributed by atoms with Gasteiger partial charge < -0.3 is 10.2 Å². The van der Waals surface area contributed by atoms with Crippen molar-refractivity contribution in [2.24, 2.45) is 0 Å². The van der Waals surface area contributed by atoms with Crippen molar-refractivity contribution in [3.05, 3.63) is 22.3 Å². The predicted molar refractivity (Wildman–Crippen MR) is 72.0 cm³/mol. The van der Waals surface area contributed by atoms with Gasteiger partial charge in [-0.05, 0) is 25.2 Å². The highest BCUT2D eigenvalue weighted by Gasteiger charge is 2.22. The third-order valence-electron chi connectivity index (χ3n) is 3.44. The highest BCUT2D eigenvalue weighted by atomic mass is 16.3. The molecule has 0 atom stereocenters. The third kappa shape index (κ3) is 2.26. The molecule has 0 radical (unpaired) electrons. The number of aromatic hydroxyl groups is 2. The SMILES string of the molecule is CCc1c(O)c(CC)c(C(C)C)c(O)c1CC. The number of hydrogen-bond donors (Lipinski definition) is 2. The average molecular weight is 236 g/mol. The summed E-state index contributed by atoms with van der Waals surface area (Å²) < 4.78 is 0. The van der Waals surface area contributed by atoms with Crippen molar-refractivity contribution in [1.82, 2.24) is 0 Å². The predicted octanol–water partition coefficient (Wildman–Crippen LogP) is 3.91. The van der Waals surface area contributed by atoms with Crippen LogP contribution >= 0.6 is 0 Å². The van der Waals surface area contributed by atoms with Crippen molar-refractivity contribution >= 4 is 0 Å². The molecular weight excluding hydrogens is 212 g/mol. The van der Waals surface area contributed by atoms with Crippen molar-refractivity contribution in [1.29, 1.82) is 0 Å². The zero-order valence-electron chi connectivity index (χ0n) is 11.6. The molecule has 0 unspecified atom stereocenters. The maximum Gasteiger partial charge on any atom is 0.123 e. The normalized spacial score (nSPS) is 11.2. The first-order valence-corrected chi connectivity index (χ1v) is 6.57. The molecule has 2 nitrogen and oxygen atoms in total. The lowest BCUT2D eigenvalue weighted by Crippen LogP contribution is -2.04. The number of phenolic OH excluding ortho intramolecular Hbond substituents is 2. The molecule has 0 aliphatic carbocycles. The molecule has 0 aromatic heterocycles. The summed E-state index contributed by atoms with van der Waals surface area (Å²) in [6.45, 7) is 10.2. The van der Waals surface area contributed by atoms with Gasteiger partial charge in [-0.3, -0.25) is 0 Å². The molecule has 2 N–H and O–H groups in total. The second-order valence-electron chi connectivity index (χ2n) is 4.76. The Kier molecular flexibility index (Phi) is 4.44. The maximum atomic E-state index is 10.4. The van der Waals surface area contributed by atoms with E-state index in [1.54, 1.807) is 0 Å². The molecule has 0 aliphatic rings. The third-order valence-corrected chi connectivity index (χ3v) is 3.44. The van der Waals surface area contributed by atoms with E-state index >= 15 is 0 Å². The molecule has 0 heterocycles. The van der Waals surface area contributed by atoms with Crippen LogP contribution in [0.15, 0.2) is 0 Å². The standard InChI is InChI=1S/C15H24O2/c1-6-10-11(7-2)15(17)13(9(4)5)12(8-3)14(10)16/h9,16-17H,6-8H2,1-5H3. The van der Waals surface area contributed by atoms with E-state index in [1.807, 2.05) is 20.8 Å². The fourth-order valence-corrected chi connectivity index (χ4v) is 2.64. The van der Waals surface area contributed by atoms with Gasteiger partial charge in [0.2, 0.25) is 0 Å². The van der Waals surface area contributed by atoms with Crippen molar-refractivity contribution in [2.45, 2.75) is 59.8 Å². The highest BCUT2D eigenvalue weighted by molar-refractivity contribution is 5.59. The molecule has 1 aromatic carbocycles. The topological polar surface area (TPSA) is 40.5 Å². The van der Waals surface area contributed by atoms with E-state index in [2.05, 4.69) is 13.8 Å². The zero-order valence-corrected chi connectivity index (χ0v) is 11.6. The van der Waals surface area contributed by atoms with Gasteiger partial charge in [0, 0.05) is 22.3 Å². The van der Waals surface area contributed by atoms with Crippen molar-refractivity contribution in [3.8, 4) is 11.5 Å². The molecular formula is C15H24O2. The van der Waals surface area contributed by atoms with Gasteiger partial charge in [-0.2, -0.15) is 0 Å². The van der Waals surface area contributed by atoms with E-state index in [4.69, 9.17) is 0 Å². The van der Waals surface area contributed by atoms with Crippen molar-refractivity contribution in [3.63, 3.8) is 0 Å². The Labute approximate surface area is 104 Å². The summed E-state index contributed by atoms with van der Waals surface area (Å²) in [5.74, 6) is 1.02. The summed E-state index contributed by atoms with van der Waals surface area (Å²) in [6, 6.07) is 0. The van der Waals surface area contributed by atoms with E-state index in [-0.39, 0.29) is 5.92 Å². The fraction of sp³-hybridized carbons (Fsp3) is 0.600. The second kappa shape index (κ2) is 5.44. The van der Waals surface area contributed by atoms with Gasteiger partial charge in [0.25, 0.3) is 0 Å². The van der Waals surface area contributed by atoms with Crippen LogP contribution in [-0.2, 0) is 19.3 Å². The van der Waals surface area contributed by atoms with Gasteiger partial charge in [0.1, 0.15) is 11.5 Å². The summed E-state index contributed by atoms with van der Waals surface area (Å²) in [5.41, 5.74) is 3.64. The Bertz CT molecular complexity index is 406. The van der Waals surface area contributed by atoms with Gasteiger partial charge >= 0.3 is 0 Å². The Morgan fingerprint density at radius 1 is 0.765 bits per heavy atom. The molecule has 0 fully saturated rings. The van der Waals surface area contributed by atoms with Crippen LogP contribution in [0.1, 0.15) is 62.8 Å². The summed E-state index contributed by atoms with van der Waals surface area (Å²) in [5, 5.41) is 20.7. The van der Waals surface area contributed by atoms with Crippen LogP contribution in [0.25, 0.3) is 0 Å². The smallest absolute Gasteiger partial charge is 0.123 e. The molecule has 96 valence electrons. The Hall–Kier alpha value is -1.18. The highest BCUT2D eigenvalue weighted by Crippen LogP contribution is 2.41. The zero-order chi connectivity index (χ0) is 13.2. The molecule has 0 spiro atoms. The van der Waals surface area contributed by atoms with Crippen molar-refractivity contribution in [2.75, 3.05) is 0 Å². The molecule has 0 aliphatic heterocycles. The van der Waals surface area contributed by atoms with Gasteiger partial charge in [0.05, 0.1) is 0 Å².